The zero-order valence-electron chi connectivity index (χ0n) is 11.2. The van der Waals surface area contributed by atoms with Gasteiger partial charge in [0.15, 0.2) is 0 Å². The summed E-state index contributed by atoms with van der Waals surface area (Å²) >= 11 is 0.932. The predicted molar refractivity (Wildman–Crippen MR) is 82.8 cm³/mol. The van der Waals surface area contributed by atoms with Crippen molar-refractivity contribution in [1.82, 2.24) is 5.32 Å². The first-order valence-electron chi connectivity index (χ1n) is 6.00. The Bertz CT molecular complexity index is 531. The third kappa shape index (κ3) is 5.76. The molecule has 1 rings (SSSR count). The monoisotopic (exact) mass is 341 g/mol. The molecule has 0 saturated carbocycles. The quantitative estimate of drug-likeness (QED) is 0.687. The lowest BCUT2D eigenvalue weighted by Crippen LogP contribution is -2.40. The van der Waals surface area contributed by atoms with Gasteiger partial charge in [-0.2, -0.15) is 0 Å². The van der Waals surface area contributed by atoms with Gasteiger partial charge in [0, 0.05) is 18.0 Å². The van der Waals surface area contributed by atoms with Gasteiger partial charge in [-0.25, -0.2) is 13.6 Å². The maximum absolute atomic E-state index is 11.9. The lowest BCUT2D eigenvalue weighted by Gasteiger charge is -2.15. The van der Waals surface area contributed by atoms with Gasteiger partial charge >= 0.3 is 0 Å². The van der Waals surface area contributed by atoms with Gasteiger partial charge in [0.25, 0.3) is 5.91 Å². The molecule has 20 heavy (non-hydrogen) atoms. The van der Waals surface area contributed by atoms with E-state index in [9.17, 15) is 13.2 Å². The molecule has 116 valence electrons. The molecule has 1 aromatic rings. The number of primary sulfonamides is 1. The summed E-state index contributed by atoms with van der Waals surface area (Å²) in [7, 11) is -3.75. The van der Waals surface area contributed by atoms with Crippen LogP contribution >= 0.6 is 23.7 Å². The summed E-state index contributed by atoms with van der Waals surface area (Å²) in [6.45, 7) is 2.42. The Kier molecular flexibility index (Phi) is 8.29. The molecular weight excluding hydrogens is 322 g/mol. The number of hydrogen-bond acceptors (Lipinski definition) is 5. The number of amides is 1. The van der Waals surface area contributed by atoms with Crippen LogP contribution in [0.1, 0.15) is 36.5 Å². The molecule has 1 atom stereocenters. The lowest BCUT2D eigenvalue weighted by atomic mass is 10.1. The normalized spacial score (nSPS) is 12.6. The van der Waals surface area contributed by atoms with E-state index in [4.69, 9.17) is 10.9 Å². The van der Waals surface area contributed by atoms with E-state index < -0.39 is 10.0 Å². The van der Waals surface area contributed by atoms with Gasteiger partial charge in [0.05, 0.1) is 5.56 Å². The van der Waals surface area contributed by atoms with Crippen molar-refractivity contribution in [2.45, 2.75) is 36.4 Å². The lowest BCUT2D eigenvalue weighted by molar-refractivity contribution is 0.0936. The molecule has 0 spiro atoms. The van der Waals surface area contributed by atoms with Crippen molar-refractivity contribution in [2.24, 2.45) is 10.9 Å². The SMILES string of the molecule is CCCCC(CN)NC(=O)c1csc(S(N)(=O)=O)c1.Cl. The van der Waals surface area contributed by atoms with E-state index in [-0.39, 0.29) is 28.6 Å². The van der Waals surface area contributed by atoms with Crippen LogP contribution in [0.25, 0.3) is 0 Å². The molecule has 0 saturated heterocycles. The third-order valence-corrected chi connectivity index (χ3v) is 5.03. The van der Waals surface area contributed by atoms with Crippen LogP contribution in [0.4, 0.5) is 0 Å². The molecule has 0 aliphatic carbocycles. The standard InChI is InChI=1S/C11H19N3O3S2.ClH/c1-2-3-4-9(6-12)14-11(15)8-5-10(18-7-8)19(13,16)17;/h5,7,9H,2-4,6,12H2,1H3,(H,14,15)(H2,13,16,17);1H. The summed E-state index contributed by atoms with van der Waals surface area (Å²) in [5.41, 5.74) is 5.88. The highest BCUT2D eigenvalue weighted by Gasteiger charge is 2.17. The average molecular weight is 342 g/mol. The zero-order chi connectivity index (χ0) is 14.5. The molecule has 0 bridgehead atoms. The Morgan fingerprint density at radius 1 is 1.50 bits per heavy atom. The van der Waals surface area contributed by atoms with Gasteiger partial charge < -0.3 is 11.1 Å². The summed E-state index contributed by atoms with van der Waals surface area (Å²) in [4.78, 5) is 11.9. The summed E-state index contributed by atoms with van der Waals surface area (Å²) in [6.07, 6.45) is 2.82. The van der Waals surface area contributed by atoms with Gasteiger partial charge in [0.2, 0.25) is 10.0 Å². The molecule has 9 heteroatoms. The molecule has 0 aliphatic heterocycles. The molecule has 5 N–H and O–H groups in total. The van der Waals surface area contributed by atoms with Crippen molar-refractivity contribution in [2.75, 3.05) is 6.54 Å². The van der Waals surface area contributed by atoms with E-state index >= 15 is 0 Å². The van der Waals surface area contributed by atoms with Crippen molar-refractivity contribution in [1.29, 1.82) is 0 Å². The van der Waals surface area contributed by atoms with Crippen molar-refractivity contribution >= 4 is 39.7 Å². The topological polar surface area (TPSA) is 115 Å². The Morgan fingerprint density at radius 2 is 2.15 bits per heavy atom. The van der Waals surface area contributed by atoms with Crippen LogP contribution in [0.3, 0.4) is 0 Å². The Labute approximate surface area is 129 Å². The summed E-state index contributed by atoms with van der Waals surface area (Å²) < 4.78 is 22.2. The molecule has 0 aliphatic rings. The number of nitrogens with one attached hydrogen (secondary N) is 1. The molecule has 0 aromatic carbocycles. The largest absolute Gasteiger partial charge is 0.348 e. The second kappa shape index (κ2) is 8.58. The fraction of sp³-hybridized carbons (Fsp3) is 0.545. The van der Waals surface area contributed by atoms with Crippen molar-refractivity contribution in [3.05, 3.63) is 17.0 Å². The van der Waals surface area contributed by atoms with Crippen molar-refractivity contribution in [3.8, 4) is 0 Å². The highest BCUT2D eigenvalue weighted by atomic mass is 35.5. The number of carbonyl (C=O) groups excluding carboxylic acids is 1. The molecule has 1 unspecified atom stereocenters. The van der Waals surface area contributed by atoms with E-state index in [1.807, 2.05) is 0 Å². The average Bonchev–Trinajstić information content (AvgIpc) is 2.83. The predicted octanol–water partition coefficient (Wildman–Crippen LogP) is 1.06. The zero-order valence-corrected chi connectivity index (χ0v) is 13.6. The maximum Gasteiger partial charge on any atom is 0.252 e. The molecular formula is C11H20ClN3O3S2. The first kappa shape index (κ1) is 19.3. The Morgan fingerprint density at radius 3 is 2.60 bits per heavy atom. The fourth-order valence-corrected chi connectivity index (χ4v) is 3.14. The molecule has 1 amide bonds. The molecule has 0 fully saturated rings. The van der Waals surface area contributed by atoms with E-state index in [2.05, 4.69) is 12.2 Å². The molecule has 0 radical (unpaired) electrons. The van der Waals surface area contributed by atoms with Crippen LogP contribution in [-0.4, -0.2) is 26.9 Å². The van der Waals surface area contributed by atoms with Gasteiger partial charge in [-0.15, -0.1) is 23.7 Å². The number of thiophene rings is 1. The number of unbranched alkanes of at least 4 members (excludes halogenated alkanes) is 1. The fourth-order valence-electron chi connectivity index (χ4n) is 1.55. The van der Waals surface area contributed by atoms with E-state index in [0.29, 0.717) is 12.1 Å². The van der Waals surface area contributed by atoms with Crippen LogP contribution in [0, 0.1) is 0 Å². The van der Waals surface area contributed by atoms with Crippen LogP contribution in [0.15, 0.2) is 15.7 Å². The van der Waals surface area contributed by atoms with Gasteiger partial charge in [-0.3, -0.25) is 4.79 Å². The van der Waals surface area contributed by atoms with E-state index in [0.717, 1.165) is 30.6 Å². The Balaban J connectivity index is 0.00000361. The van der Waals surface area contributed by atoms with E-state index in [1.165, 1.54) is 11.4 Å². The van der Waals surface area contributed by atoms with Crippen LogP contribution in [-0.2, 0) is 10.0 Å². The summed E-state index contributed by atoms with van der Waals surface area (Å²) in [5, 5.41) is 9.26. The second-order valence-electron chi connectivity index (χ2n) is 4.25. The minimum Gasteiger partial charge on any atom is -0.348 e. The second-order valence-corrected chi connectivity index (χ2v) is 6.95. The smallest absolute Gasteiger partial charge is 0.252 e. The van der Waals surface area contributed by atoms with Gasteiger partial charge in [-0.05, 0) is 12.5 Å². The highest BCUT2D eigenvalue weighted by molar-refractivity contribution is 7.91. The minimum absolute atomic E-state index is 0. The Hall–Kier alpha value is -0.670. The van der Waals surface area contributed by atoms with Crippen molar-refractivity contribution in [3.63, 3.8) is 0 Å². The first-order valence-corrected chi connectivity index (χ1v) is 8.43. The first-order chi connectivity index (χ1) is 8.88. The minimum atomic E-state index is -3.75. The summed E-state index contributed by atoms with van der Waals surface area (Å²) in [5.74, 6) is -0.322. The third-order valence-electron chi connectivity index (χ3n) is 2.64. The summed E-state index contributed by atoms with van der Waals surface area (Å²) in [6, 6.07) is 1.19. The van der Waals surface area contributed by atoms with E-state index in [1.54, 1.807) is 0 Å². The number of rotatable bonds is 7. The molecule has 1 heterocycles. The van der Waals surface area contributed by atoms with Crippen LogP contribution in [0.2, 0.25) is 0 Å². The van der Waals surface area contributed by atoms with Gasteiger partial charge in [0.1, 0.15) is 4.21 Å². The highest BCUT2D eigenvalue weighted by Crippen LogP contribution is 2.18. The number of hydrogen-bond donors (Lipinski definition) is 3. The number of halogens is 1. The number of carbonyl (C=O) groups is 1. The molecule has 6 nitrogen and oxygen atoms in total. The van der Waals surface area contributed by atoms with Crippen LogP contribution in [0.5, 0.6) is 0 Å². The van der Waals surface area contributed by atoms with Crippen LogP contribution < -0.4 is 16.2 Å². The molecule has 1 aromatic heterocycles. The maximum atomic E-state index is 11.9. The number of nitrogens with two attached hydrogens (primary N) is 2. The number of sulfonamides is 1. The van der Waals surface area contributed by atoms with Gasteiger partial charge in [-0.1, -0.05) is 19.8 Å². The van der Waals surface area contributed by atoms with Crippen molar-refractivity contribution < 1.29 is 13.2 Å².